The second-order valence-electron chi connectivity index (χ2n) is 6.19. The van der Waals surface area contributed by atoms with E-state index in [0.29, 0.717) is 12.3 Å². The smallest absolute Gasteiger partial charge is 0.408 e. The third kappa shape index (κ3) is 3.00. The van der Waals surface area contributed by atoms with E-state index >= 15 is 0 Å². The maximum atomic E-state index is 12.2. The highest BCUT2D eigenvalue weighted by Crippen LogP contribution is 2.39. The van der Waals surface area contributed by atoms with Gasteiger partial charge in [0.1, 0.15) is 11.6 Å². The Bertz CT molecular complexity index is 377. The number of amides is 2. The van der Waals surface area contributed by atoms with Crippen molar-refractivity contribution in [1.82, 2.24) is 10.4 Å². The molecule has 1 aliphatic carbocycles. The monoisotopic (exact) mass is 270 g/mol. The fraction of sp³-hybridized carbons (Fsp3) is 0.846. The summed E-state index contributed by atoms with van der Waals surface area (Å²) in [5.41, 5.74) is -0.568. The number of hydrogen-bond donors (Lipinski definition) is 1. The average molecular weight is 270 g/mol. The van der Waals surface area contributed by atoms with Crippen molar-refractivity contribution < 1.29 is 19.2 Å². The van der Waals surface area contributed by atoms with Crippen LogP contribution in [0.25, 0.3) is 0 Å². The third-order valence-corrected chi connectivity index (χ3v) is 3.62. The fourth-order valence-corrected chi connectivity index (χ4v) is 2.65. The number of carbonyl (C=O) groups excluding carboxylic acids is 2. The van der Waals surface area contributed by atoms with Crippen LogP contribution in [0.4, 0.5) is 4.79 Å². The van der Waals surface area contributed by atoms with Crippen molar-refractivity contribution in [2.24, 2.45) is 5.92 Å². The summed E-state index contributed by atoms with van der Waals surface area (Å²) < 4.78 is 5.18. The van der Waals surface area contributed by atoms with Crippen molar-refractivity contribution in [2.75, 3.05) is 7.11 Å². The van der Waals surface area contributed by atoms with Crippen LogP contribution in [-0.4, -0.2) is 41.9 Å². The molecule has 2 rings (SSSR count). The summed E-state index contributed by atoms with van der Waals surface area (Å²) in [5.74, 6) is 0.229. The van der Waals surface area contributed by atoms with Gasteiger partial charge in [-0.3, -0.25) is 9.63 Å². The number of rotatable bonds is 2. The van der Waals surface area contributed by atoms with Crippen molar-refractivity contribution in [2.45, 2.75) is 57.7 Å². The summed E-state index contributed by atoms with van der Waals surface area (Å²) in [7, 11) is 1.49. The predicted octanol–water partition coefficient (Wildman–Crippen LogP) is 1.45. The molecule has 19 heavy (non-hydrogen) atoms. The second kappa shape index (κ2) is 5.00. The number of nitrogens with one attached hydrogen (secondary N) is 1. The van der Waals surface area contributed by atoms with E-state index in [1.54, 1.807) is 20.8 Å². The molecule has 6 heteroatoms. The minimum absolute atomic E-state index is 0.175. The Balaban J connectivity index is 1.96. The molecule has 1 N–H and O–H groups in total. The molecule has 2 fully saturated rings. The molecule has 2 aliphatic rings. The zero-order valence-corrected chi connectivity index (χ0v) is 11.9. The summed E-state index contributed by atoms with van der Waals surface area (Å²) in [6.45, 7) is 5.37. The van der Waals surface area contributed by atoms with E-state index in [0.717, 1.165) is 12.8 Å². The lowest BCUT2D eigenvalue weighted by Gasteiger charge is -2.48. The molecule has 108 valence electrons. The van der Waals surface area contributed by atoms with Gasteiger partial charge < -0.3 is 10.1 Å². The SMILES string of the molecule is CON1C(=O)C(NC(=O)OC(C)(C)C)CC2CCC21. The number of alkyl carbamates (subject to hydrolysis) is 1. The second-order valence-corrected chi connectivity index (χ2v) is 6.19. The molecule has 2 amide bonds. The van der Waals surface area contributed by atoms with Crippen LogP contribution in [0.1, 0.15) is 40.0 Å². The van der Waals surface area contributed by atoms with Crippen LogP contribution in [-0.2, 0) is 14.4 Å². The van der Waals surface area contributed by atoms with Gasteiger partial charge in [0.15, 0.2) is 0 Å². The molecule has 0 radical (unpaired) electrons. The van der Waals surface area contributed by atoms with Gasteiger partial charge in [0.25, 0.3) is 5.91 Å². The lowest BCUT2D eigenvalue weighted by molar-refractivity contribution is -0.218. The van der Waals surface area contributed by atoms with E-state index in [4.69, 9.17) is 9.57 Å². The number of hydroxylamine groups is 2. The third-order valence-electron chi connectivity index (χ3n) is 3.62. The van der Waals surface area contributed by atoms with Crippen molar-refractivity contribution in [3.8, 4) is 0 Å². The Morgan fingerprint density at radius 2 is 2.05 bits per heavy atom. The van der Waals surface area contributed by atoms with Gasteiger partial charge in [0.2, 0.25) is 0 Å². The van der Waals surface area contributed by atoms with Crippen LogP contribution in [0, 0.1) is 5.92 Å². The Morgan fingerprint density at radius 1 is 1.37 bits per heavy atom. The quantitative estimate of drug-likeness (QED) is 0.824. The number of nitrogens with zero attached hydrogens (tertiary/aromatic N) is 1. The Morgan fingerprint density at radius 3 is 2.53 bits per heavy atom. The number of piperidine rings is 1. The van der Waals surface area contributed by atoms with Gasteiger partial charge in [-0.15, -0.1) is 0 Å². The maximum absolute atomic E-state index is 12.2. The highest BCUT2D eigenvalue weighted by molar-refractivity contribution is 5.86. The Kier molecular flexibility index (Phi) is 3.71. The van der Waals surface area contributed by atoms with E-state index < -0.39 is 17.7 Å². The first-order valence-corrected chi connectivity index (χ1v) is 6.68. The first-order valence-electron chi connectivity index (χ1n) is 6.68. The average Bonchev–Trinajstić information content (AvgIpc) is 2.24. The summed E-state index contributed by atoms with van der Waals surface area (Å²) >= 11 is 0. The minimum atomic E-state index is -0.568. The van der Waals surface area contributed by atoms with Crippen molar-refractivity contribution in [1.29, 1.82) is 0 Å². The zero-order chi connectivity index (χ0) is 14.2. The van der Waals surface area contributed by atoms with Crippen LogP contribution in [0.15, 0.2) is 0 Å². The van der Waals surface area contributed by atoms with Gasteiger partial charge >= 0.3 is 6.09 Å². The molecular formula is C13H22N2O4. The summed E-state index contributed by atoms with van der Waals surface area (Å²) in [4.78, 5) is 29.0. The normalized spacial score (nSPS) is 30.4. The zero-order valence-electron chi connectivity index (χ0n) is 11.9. The Labute approximate surface area is 113 Å². The molecule has 3 unspecified atom stereocenters. The predicted molar refractivity (Wildman–Crippen MR) is 68.1 cm³/mol. The molecule has 1 saturated carbocycles. The number of hydrogen-bond acceptors (Lipinski definition) is 4. The van der Waals surface area contributed by atoms with Gasteiger partial charge in [0, 0.05) is 0 Å². The van der Waals surface area contributed by atoms with Gasteiger partial charge in [-0.1, -0.05) is 0 Å². The minimum Gasteiger partial charge on any atom is -0.444 e. The molecule has 3 atom stereocenters. The highest BCUT2D eigenvalue weighted by Gasteiger charge is 2.47. The topological polar surface area (TPSA) is 67.9 Å². The first kappa shape index (κ1) is 14.1. The molecule has 0 aromatic carbocycles. The van der Waals surface area contributed by atoms with Gasteiger partial charge in [-0.25, -0.2) is 9.86 Å². The lowest BCUT2D eigenvalue weighted by Crippen LogP contribution is -2.62. The molecule has 1 saturated heterocycles. The molecule has 1 aliphatic heterocycles. The molecule has 0 aromatic heterocycles. The van der Waals surface area contributed by atoms with Gasteiger partial charge in [-0.05, 0) is 46.0 Å². The van der Waals surface area contributed by atoms with Crippen molar-refractivity contribution in [3.05, 3.63) is 0 Å². The molecule has 0 bridgehead atoms. The van der Waals surface area contributed by atoms with Gasteiger partial charge in [-0.2, -0.15) is 0 Å². The molecule has 0 aromatic rings. The summed E-state index contributed by atoms with van der Waals surface area (Å²) in [6.07, 6.45) is 2.16. The fourth-order valence-electron chi connectivity index (χ4n) is 2.65. The van der Waals surface area contributed by atoms with Gasteiger partial charge in [0.05, 0.1) is 13.2 Å². The maximum Gasteiger partial charge on any atom is 0.408 e. The standard InChI is InChI=1S/C13H22N2O4/c1-13(2,3)19-12(17)14-9-7-8-5-6-10(8)15(18-4)11(9)16/h8-10H,5-7H2,1-4H3,(H,14,17). The highest BCUT2D eigenvalue weighted by atomic mass is 16.7. The lowest BCUT2D eigenvalue weighted by atomic mass is 9.72. The van der Waals surface area contributed by atoms with Crippen molar-refractivity contribution >= 4 is 12.0 Å². The number of ether oxygens (including phenoxy) is 1. The largest absolute Gasteiger partial charge is 0.444 e. The van der Waals surface area contributed by atoms with Crippen LogP contribution in [0.3, 0.4) is 0 Å². The Hall–Kier alpha value is -1.30. The van der Waals surface area contributed by atoms with Crippen LogP contribution < -0.4 is 5.32 Å². The number of fused-ring (bicyclic) bond motifs is 1. The van der Waals surface area contributed by atoms with Crippen LogP contribution >= 0.6 is 0 Å². The molecular weight excluding hydrogens is 248 g/mol. The van der Waals surface area contributed by atoms with E-state index in [1.165, 1.54) is 12.2 Å². The van der Waals surface area contributed by atoms with E-state index in [-0.39, 0.29) is 11.9 Å². The molecule has 0 spiro atoms. The van der Waals surface area contributed by atoms with E-state index in [2.05, 4.69) is 5.32 Å². The van der Waals surface area contributed by atoms with Crippen molar-refractivity contribution in [3.63, 3.8) is 0 Å². The van der Waals surface area contributed by atoms with E-state index in [1.807, 2.05) is 0 Å². The van der Waals surface area contributed by atoms with Crippen LogP contribution in [0.2, 0.25) is 0 Å². The van der Waals surface area contributed by atoms with E-state index in [9.17, 15) is 9.59 Å². The molecule has 1 heterocycles. The van der Waals surface area contributed by atoms with Crippen LogP contribution in [0.5, 0.6) is 0 Å². The summed E-state index contributed by atoms with van der Waals surface area (Å²) in [5, 5.41) is 4.04. The molecule has 6 nitrogen and oxygen atoms in total. The summed E-state index contributed by atoms with van der Waals surface area (Å²) in [6, 6.07) is -0.370. The number of carbonyl (C=O) groups is 2. The first-order chi connectivity index (χ1) is 8.81.